The van der Waals surface area contributed by atoms with E-state index in [9.17, 15) is 0 Å². The normalized spacial score (nSPS) is 12.9. The van der Waals surface area contributed by atoms with Crippen molar-refractivity contribution in [1.82, 2.24) is 9.13 Å². The lowest BCUT2D eigenvalue weighted by molar-refractivity contribution is 0.233. The predicted octanol–water partition coefficient (Wildman–Crippen LogP) is 16.3. The monoisotopic (exact) mass is 896 g/mol. The van der Waals surface area contributed by atoms with Gasteiger partial charge in [-0.1, -0.05) is 110 Å². The maximum Gasteiger partial charge on any atom is 0.119 e. The molecule has 0 N–H and O–H groups in total. The molecule has 2 unspecified atom stereocenters. The van der Waals surface area contributed by atoms with Gasteiger partial charge in [0.1, 0.15) is 11.5 Å². The molecule has 2 atom stereocenters. The van der Waals surface area contributed by atoms with E-state index in [0.717, 1.165) is 57.9 Å². The summed E-state index contributed by atoms with van der Waals surface area (Å²) in [5, 5.41) is 4.88. The van der Waals surface area contributed by atoms with Gasteiger partial charge in [0.05, 0.1) is 35.3 Å². The Morgan fingerprint density at radius 2 is 0.810 bits per heavy atom. The molecule has 2 heterocycles. The smallest absolute Gasteiger partial charge is 0.119 e. The first-order chi connectivity index (χ1) is 28.4. The number of hydrogen-bond donors (Lipinski definition) is 0. The van der Waals surface area contributed by atoms with Crippen LogP contribution in [-0.2, 0) is 0 Å². The van der Waals surface area contributed by atoms with Gasteiger partial charge in [0.25, 0.3) is 0 Å². The van der Waals surface area contributed by atoms with Crippen LogP contribution in [-0.4, -0.2) is 22.3 Å². The number of rotatable bonds is 17. The van der Waals surface area contributed by atoms with Gasteiger partial charge in [-0.3, -0.25) is 0 Å². The minimum absolute atomic E-state index is 0.599. The summed E-state index contributed by atoms with van der Waals surface area (Å²) in [6.07, 6.45) is 9.72. The highest BCUT2D eigenvalue weighted by Crippen LogP contribution is 2.40. The number of hydrogen-bond acceptors (Lipinski definition) is 2. The number of benzene rings is 6. The average molecular weight is 899 g/mol. The topological polar surface area (TPSA) is 28.3 Å². The van der Waals surface area contributed by atoms with Gasteiger partial charge in [-0.15, -0.1) is 0 Å². The second-order valence-electron chi connectivity index (χ2n) is 15.9. The van der Waals surface area contributed by atoms with Gasteiger partial charge in [0, 0.05) is 41.9 Å². The van der Waals surface area contributed by atoms with Crippen molar-refractivity contribution in [3.63, 3.8) is 0 Å². The third kappa shape index (κ3) is 8.33. The molecule has 0 amide bonds. The van der Waals surface area contributed by atoms with E-state index >= 15 is 0 Å². The van der Waals surface area contributed by atoms with Crippen LogP contribution in [0.5, 0.6) is 11.5 Å². The summed E-state index contributed by atoms with van der Waals surface area (Å²) in [5.41, 5.74) is 9.33. The van der Waals surface area contributed by atoms with Crippen molar-refractivity contribution >= 4 is 75.5 Å². The fourth-order valence-corrected chi connectivity index (χ4v) is 9.24. The van der Waals surface area contributed by atoms with Crippen molar-refractivity contribution in [2.75, 3.05) is 13.2 Å². The molecule has 58 heavy (non-hydrogen) atoms. The van der Waals surface area contributed by atoms with E-state index in [4.69, 9.17) is 9.47 Å². The molecular weight excluding hydrogens is 844 g/mol. The molecule has 2 aromatic heterocycles. The van der Waals surface area contributed by atoms with Gasteiger partial charge in [-0.25, -0.2) is 0 Å². The number of unbranched alkanes of at least 4 members (excludes halogenated alkanes) is 2. The zero-order valence-electron chi connectivity index (χ0n) is 34.2. The molecule has 298 valence electrons. The van der Waals surface area contributed by atoms with Crippen LogP contribution in [0, 0.1) is 11.8 Å². The maximum absolute atomic E-state index is 6.28. The standard InChI is InChI=1S/C52H54Br2N2O2/c1-5-9-11-35(7-3)33-57-43-21-17-41(18-22-43)55-49-25-13-37(29-45(49)47-31-39(53)15-27-51(47)55)38-14-26-50-46(30-38)48-32-40(54)16-28-52(48)56(50)42-19-23-44(24-20-42)58-34-36(8-4)12-10-6-2/h13-32,35-36H,5-12,33-34H2,1-4H3. The molecule has 0 aliphatic rings. The highest BCUT2D eigenvalue weighted by atomic mass is 79.9. The van der Waals surface area contributed by atoms with Crippen molar-refractivity contribution in [3.05, 3.63) is 130 Å². The van der Waals surface area contributed by atoms with Crippen LogP contribution >= 0.6 is 31.9 Å². The minimum atomic E-state index is 0.599. The molecule has 0 aliphatic heterocycles. The van der Waals surface area contributed by atoms with Gasteiger partial charge in [-0.2, -0.15) is 0 Å². The lowest BCUT2D eigenvalue weighted by Crippen LogP contribution is -2.11. The lowest BCUT2D eigenvalue weighted by atomic mass is 10.0. The van der Waals surface area contributed by atoms with Crippen LogP contribution < -0.4 is 9.47 Å². The van der Waals surface area contributed by atoms with E-state index in [0.29, 0.717) is 11.8 Å². The van der Waals surface area contributed by atoms with Gasteiger partial charge in [-0.05, 0) is 145 Å². The Morgan fingerprint density at radius 3 is 1.17 bits per heavy atom. The Kier molecular flexibility index (Phi) is 12.6. The molecule has 0 bridgehead atoms. The van der Waals surface area contributed by atoms with E-state index in [1.807, 2.05) is 0 Å². The van der Waals surface area contributed by atoms with Crippen LogP contribution in [0.25, 0.3) is 66.1 Å². The summed E-state index contributed by atoms with van der Waals surface area (Å²) in [5.74, 6) is 3.06. The van der Waals surface area contributed by atoms with Gasteiger partial charge >= 0.3 is 0 Å². The van der Waals surface area contributed by atoms with Crippen molar-refractivity contribution in [3.8, 4) is 34.0 Å². The summed E-state index contributed by atoms with van der Waals surface area (Å²) in [4.78, 5) is 0. The van der Waals surface area contributed by atoms with E-state index in [2.05, 4.69) is 190 Å². The molecule has 8 aromatic rings. The molecule has 4 nitrogen and oxygen atoms in total. The molecular formula is C52H54Br2N2O2. The Balaban J connectivity index is 1.13. The van der Waals surface area contributed by atoms with Crippen molar-refractivity contribution < 1.29 is 9.47 Å². The highest BCUT2D eigenvalue weighted by molar-refractivity contribution is 9.10. The first kappa shape index (κ1) is 40.3. The van der Waals surface area contributed by atoms with Crippen LogP contribution in [0.2, 0.25) is 0 Å². The quantitative estimate of drug-likeness (QED) is 0.0911. The van der Waals surface area contributed by atoms with E-state index in [-0.39, 0.29) is 0 Å². The number of nitrogens with zero attached hydrogens (tertiary/aromatic N) is 2. The van der Waals surface area contributed by atoms with Crippen LogP contribution in [0.1, 0.15) is 79.1 Å². The van der Waals surface area contributed by atoms with E-state index < -0.39 is 0 Å². The van der Waals surface area contributed by atoms with Crippen molar-refractivity contribution in [2.24, 2.45) is 11.8 Å². The predicted molar refractivity (Wildman–Crippen MR) is 254 cm³/mol. The molecule has 0 saturated heterocycles. The molecule has 0 spiro atoms. The number of fused-ring (bicyclic) bond motifs is 6. The SMILES string of the molecule is CCCCC(CC)COc1ccc(-n2c3ccc(Br)cc3c3cc(-c4ccc5c(c4)c4cc(Br)ccc4n5-c4ccc(OCC(CC)CCCC)cc4)ccc32)cc1. The molecule has 8 rings (SSSR count). The van der Waals surface area contributed by atoms with Gasteiger partial charge < -0.3 is 18.6 Å². The fourth-order valence-electron chi connectivity index (χ4n) is 8.51. The Hall–Kier alpha value is -4.52. The molecule has 0 fully saturated rings. The summed E-state index contributed by atoms with van der Waals surface area (Å²) < 4.78 is 19.5. The van der Waals surface area contributed by atoms with Crippen LogP contribution in [0.4, 0.5) is 0 Å². The molecule has 0 radical (unpaired) electrons. The summed E-state index contributed by atoms with van der Waals surface area (Å²) in [6, 6.07) is 44.3. The minimum Gasteiger partial charge on any atom is -0.493 e. The van der Waals surface area contributed by atoms with Crippen LogP contribution in [0.3, 0.4) is 0 Å². The summed E-state index contributed by atoms with van der Waals surface area (Å²) in [6.45, 7) is 10.6. The first-order valence-electron chi connectivity index (χ1n) is 21.3. The largest absolute Gasteiger partial charge is 0.493 e. The number of ether oxygens (including phenoxy) is 2. The zero-order valence-corrected chi connectivity index (χ0v) is 37.4. The molecule has 6 aromatic carbocycles. The van der Waals surface area contributed by atoms with Crippen molar-refractivity contribution in [2.45, 2.75) is 79.1 Å². The Labute approximate surface area is 360 Å². The fraction of sp³-hybridized carbons (Fsp3) is 0.308. The second-order valence-corrected chi connectivity index (χ2v) is 17.7. The van der Waals surface area contributed by atoms with Crippen molar-refractivity contribution in [1.29, 1.82) is 0 Å². The van der Waals surface area contributed by atoms with Gasteiger partial charge in [0.2, 0.25) is 0 Å². The summed E-state index contributed by atoms with van der Waals surface area (Å²) >= 11 is 7.55. The first-order valence-corrected chi connectivity index (χ1v) is 22.9. The Bertz CT molecular complexity index is 2470. The van der Waals surface area contributed by atoms with Gasteiger partial charge in [0.15, 0.2) is 0 Å². The highest BCUT2D eigenvalue weighted by Gasteiger charge is 2.18. The molecule has 0 saturated carbocycles. The third-order valence-corrected chi connectivity index (χ3v) is 13.0. The number of aromatic nitrogens is 2. The lowest BCUT2D eigenvalue weighted by Gasteiger charge is -2.16. The van der Waals surface area contributed by atoms with Crippen LogP contribution in [0.15, 0.2) is 130 Å². The number of halogens is 2. The maximum atomic E-state index is 6.28. The zero-order chi connectivity index (χ0) is 40.2. The average Bonchev–Trinajstić information content (AvgIpc) is 3.75. The van der Waals surface area contributed by atoms with E-state index in [1.165, 1.54) is 93.3 Å². The van der Waals surface area contributed by atoms with E-state index in [1.54, 1.807) is 0 Å². The second kappa shape index (κ2) is 18.2. The third-order valence-electron chi connectivity index (χ3n) is 12.0. The summed E-state index contributed by atoms with van der Waals surface area (Å²) in [7, 11) is 0. The molecule has 0 aliphatic carbocycles. The molecule has 6 heteroatoms. The Morgan fingerprint density at radius 1 is 0.448 bits per heavy atom.